The summed E-state index contributed by atoms with van der Waals surface area (Å²) in [5, 5.41) is 15.9. The van der Waals surface area contributed by atoms with Crippen molar-refractivity contribution in [1.82, 2.24) is 20.6 Å². The first kappa shape index (κ1) is 21.2. The average molecular weight is 423 g/mol. The number of aliphatic hydroxyl groups excluding tert-OH is 1. The van der Waals surface area contributed by atoms with Gasteiger partial charge in [-0.05, 0) is 55.5 Å². The normalized spacial score (nSPS) is 20.7. The summed E-state index contributed by atoms with van der Waals surface area (Å²) in [6.07, 6.45) is 2.77. The van der Waals surface area contributed by atoms with Gasteiger partial charge in [0.15, 0.2) is 0 Å². The second-order valence-corrected chi connectivity index (χ2v) is 8.30. The quantitative estimate of drug-likeness (QED) is 0.482. The standard InChI is InChI=1S/C24H30N4O3/c1-15(16-7-13-19(31-2)14-8-16)22(23-26-20-5-3-4-6-21(20)27-23)28-24(30)25-17-9-11-18(29)12-10-17/h3-8,13-15,17-18,22,29H,9-12H2,1-2H3,(H,26,27)(H2,25,28,30)/t15-,17?,18?,22+/m1/s1. The Morgan fingerprint density at radius 3 is 2.52 bits per heavy atom. The molecular weight excluding hydrogens is 392 g/mol. The number of hydrogen-bond acceptors (Lipinski definition) is 4. The third-order valence-electron chi connectivity index (χ3n) is 6.16. The number of carbonyl (C=O) groups is 1. The molecular formula is C24H30N4O3. The molecule has 31 heavy (non-hydrogen) atoms. The molecule has 4 rings (SSSR count). The number of para-hydroxylation sites is 2. The summed E-state index contributed by atoms with van der Waals surface area (Å²) in [7, 11) is 1.64. The highest BCUT2D eigenvalue weighted by atomic mass is 16.5. The first-order valence-electron chi connectivity index (χ1n) is 10.9. The van der Waals surface area contributed by atoms with E-state index in [9.17, 15) is 9.90 Å². The van der Waals surface area contributed by atoms with Crippen molar-refractivity contribution < 1.29 is 14.6 Å². The molecule has 0 unspecified atom stereocenters. The molecule has 2 aromatic carbocycles. The van der Waals surface area contributed by atoms with Crippen molar-refractivity contribution in [1.29, 1.82) is 0 Å². The molecule has 0 saturated heterocycles. The lowest BCUT2D eigenvalue weighted by atomic mass is 9.92. The number of aromatic amines is 1. The Kier molecular flexibility index (Phi) is 6.42. The van der Waals surface area contributed by atoms with E-state index in [1.54, 1.807) is 7.11 Å². The average Bonchev–Trinajstić information content (AvgIpc) is 3.22. The molecule has 2 amide bonds. The van der Waals surface area contributed by atoms with Crippen LogP contribution in [0.1, 0.15) is 56.0 Å². The van der Waals surface area contributed by atoms with Crippen LogP contribution in [0.3, 0.4) is 0 Å². The maximum atomic E-state index is 12.9. The van der Waals surface area contributed by atoms with Gasteiger partial charge < -0.3 is 25.5 Å². The summed E-state index contributed by atoms with van der Waals surface area (Å²) in [4.78, 5) is 21.0. The third-order valence-corrected chi connectivity index (χ3v) is 6.16. The number of benzene rings is 2. The van der Waals surface area contributed by atoms with Crippen molar-refractivity contribution >= 4 is 17.1 Å². The lowest BCUT2D eigenvalue weighted by Crippen LogP contribution is -2.46. The molecule has 1 heterocycles. The zero-order chi connectivity index (χ0) is 21.8. The van der Waals surface area contributed by atoms with Crippen molar-refractivity contribution in [3.05, 3.63) is 59.9 Å². The van der Waals surface area contributed by atoms with E-state index in [-0.39, 0.29) is 30.1 Å². The van der Waals surface area contributed by atoms with Gasteiger partial charge in [0.25, 0.3) is 0 Å². The van der Waals surface area contributed by atoms with Crippen LogP contribution in [0, 0.1) is 0 Å². The van der Waals surface area contributed by atoms with E-state index < -0.39 is 0 Å². The summed E-state index contributed by atoms with van der Waals surface area (Å²) in [6, 6.07) is 15.3. The highest BCUT2D eigenvalue weighted by molar-refractivity contribution is 5.77. The minimum absolute atomic E-state index is 0.0228. The van der Waals surface area contributed by atoms with E-state index in [1.165, 1.54) is 0 Å². The number of hydrogen-bond donors (Lipinski definition) is 4. The van der Waals surface area contributed by atoms with E-state index in [4.69, 9.17) is 9.72 Å². The molecule has 3 aromatic rings. The number of methoxy groups -OCH3 is 1. The highest BCUT2D eigenvalue weighted by Gasteiger charge is 2.28. The molecule has 4 N–H and O–H groups in total. The number of carbonyl (C=O) groups excluding carboxylic acids is 1. The summed E-state index contributed by atoms with van der Waals surface area (Å²) in [5.74, 6) is 1.49. The Morgan fingerprint density at radius 2 is 1.84 bits per heavy atom. The van der Waals surface area contributed by atoms with Crippen LogP contribution < -0.4 is 15.4 Å². The van der Waals surface area contributed by atoms with Gasteiger partial charge in [0.2, 0.25) is 0 Å². The number of imidazole rings is 1. The van der Waals surface area contributed by atoms with Crippen LogP contribution in [0.4, 0.5) is 4.79 Å². The van der Waals surface area contributed by atoms with Crippen LogP contribution in [0.5, 0.6) is 5.75 Å². The van der Waals surface area contributed by atoms with E-state index in [0.717, 1.165) is 53.9 Å². The van der Waals surface area contributed by atoms with E-state index in [1.807, 2.05) is 48.5 Å². The molecule has 2 atom stereocenters. The second kappa shape index (κ2) is 9.39. The smallest absolute Gasteiger partial charge is 0.315 e. The Labute approximate surface area is 182 Å². The summed E-state index contributed by atoms with van der Waals surface area (Å²) in [6.45, 7) is 2.08. The Balaban J connectivity index is 1.56. The van der Waals surface area contributed by atoms with Gasteiger partial charge in [-0.1, -0.05) is 31.2 Å². The molecule has 0 radical (unpaired) electrons. The summed E-state index contributed by atoms with van der Waals surface area (Å²) < 4.78 is 5.27. The monoisotopic (exact) mass is 422 g/mol. The van der Waals surface area contributed by atoms with Crippen molar-refractivity contribution in [3.63, 3.8) is 0 Å². The molecule has 1 aromatic heterocycles. The van der Waals surface area contributed by atoms with E-state index >= 15 is 0 Å². The van der Waals surface area contributed by atoms with Gasteiger partial charge >= 0.3 is 6.03 Å². The zero-order valence-electron chi connectivity index (χ0n) is 18.0. The SMILES string of the molecule is COc1ccc([C@@H](C)[C@H](NC(=O)NC2CCC(O)CC2)c2nc3ccccc3[nH]2)cc1. The van der Waals surface area contributed by atoms with Gasteiger partial charge in [0.05, 0.1) is 30.3 Å². The number of ether oxygens (including phenoxy) is 1. The first-order valence-corrected chi connectivity index (χ1v) is 10.9. The van der Waals surface area contributed by atoms with Gasteiger partial charge in [0, 0.05) is 12.0 Å². The molecule has 0 bridgehead atoms. The number of amides is 2. The van der Waals surface area contributed by atoms with Gasteiger partial charge in [-0.2, -0.15) is 0 Å². The van der Waals surface area contributed by atoms with Crippen LogP contribution in [-0.2, 0) is 0 Å². The number of nitrogens with zero attached hydrogens (tertiary/aromatic N) is 1. The molecule has 164 valence electrons. The molecule has 1 aliphatic carbocycles. The van der Waals surface area contributed by atoms with Crippen LogP contribution in [0.15, 0.2) is 48.5 Å². The van der Waals surface area contributed by atoms with E-state index in [2.05, 4.69) is 22.5 Å². The number of rotatable bonds is 6. The maximum absolute atomic E-state index is 12.9. The van der Waals surface area contributed by atoms with Crippen molar-refractivity contribution in [2.75, 3.05) is 7.11 Å². The fourth-order valence-corrected chi connectivity index (χ4v) is 4.24. The van der Waals surface area contributed by atoms with Gasteiger partial charge in [-0.25, -0.2) is 9.78 Å². The lowest BCUT2D eigenvalue weighted by molar-refractivity contribution is 0.117. The van der Waals surface area contributed by atoms with Crippen molar-refractivity contribution in [3.8, 4) is 5.75 Å². The largest absolute Gasteiger partial charge is 0.497 e. The Morgan fingerprint density at radius 1 is 1.13 bits per heavy atom. The minimum Gasteiger partial charge on any atom is -0.497 e. The maximum Gasteiger partial charge on any atom is 0.315 e. The third kappa shape index (κ3) is 4.99. The molecule has 0 spiro atoms. The molecule has 1 aliphatic rings. The molecule has 7 nitrogen and oxygen atoms in total. The Bertz CT molecular complexity index is 976. The number of H-pyrrole nitrogens is 1. The topological polar surface area (TPSA) is 99.3 Å². The second-order valence-electron chi connectivity index (χ2n) is 8.30. The fourth-order valence-electron chi connectivity index (χ4n) is 4.24. The highest BCUT2D eigenvalue weighted by Crippen LogP contribution is 2.31. The van der Waals surface area contributed by atoms with Crippen LogP contribution in [0.25, 0.3) is 11.0 Å². The number of fused-ring (bicyclic) bond motifs is 1. The minimum atomic E-state index is -0.338. The van der Waals surface area contributed by atoms with Crippen LogP contribution in [0.2, 0.25) is 0 Å². The molecule has 1 fully saturated rings. The van der Waals surface area contributed by atoms with Crippen molar-refractivity contribution in [2.45, 2.75) is 56.7 Å². The fraction of sp³-hybridized carbons (Fsp3) is 0.417. The number of aromatic nitrogens is 2. The Hall–Kier alpha value is -3.06. The summed E-state index contributed by atoms with van der Waals surface area (Å²) in [5.41, 5.74) is 2.88. The predicted octanol–water partition coefficient (Wildman–Crippen LogP) is 4.02. The van der Waals surface area contributed by atoms with Gasteiger partial charge in [-0.3, -0.25) is 0 Å². The first-order chi connectivity index (χ1) is 15.0. The molecule has 1 saturated carbocycles. The van der Waals surface area contributed by atoms with Crippen LogP contribution >= 0.6 is 0 Å². The van der Waals surface area contributed by atoms with Gasteiger partial charge in [0.1, 0.15) is 11.6 Å². The van der Waals surface area contributed by atoms with Gasteiger partial charge in [-0.15, -0.1) is 0 Å². The zero-order valence-corrected chi connectivity index (χ0v) is 18.0. The number of urea groups is 1. The van der Waals surface area contributed by atoms with E-state index in [0.29, 0.717) is 0 Å². The van der Waals surface area contributed by atoms with Crippen molar-refractivity contribution in [2.24, 2.45) is 0 Å². The lowest BCUT2D eigenvalue weighted by Gasteiger charge is -2.29. The predicted molar refractivity (Wildman–Crippen MR) is 120 cm³/mol. The molecule has 7 heteroatoms. The number of aliphatic hydroxyl groups is 1. The molecule has 0 aliphatic heterocycles. The number of nitrogens with one attached hydrogen (secondary N) is 3. The summed E-state index contributed by atoms with van der Waals surface area (Å²) >= 11 is 0. The van der Waals surface area contributed by atoms with Crippen LogP contribution in [-0.4, -0.2) is 40.4 Å².